The van der Waals surface area contributed by atoms with Crippen molar-refractivity contribution in [1.82, 2.24) is 0 Å². The predicted octanol–water partition coefficient (Wildman–Crippen LogP) is 7.22. The van der Waals surface area contributed by atoms with Crippen LogP contribution in [0.15, 0.2) is 97.1 Å². The van der Waals surface area contributed by atoms with E-state index in [1.54, 1.807) is 24.3 Å². The molecule has 0 spiro atoms. The van der Waals surface area contributed by atoms with Crippen LogP contribution < -0.4 is 0 Å². The normalized spacial score (nSPS) is 13.2. The minimum absolute atomic E-state index is 0.220. The number of carboxylic acid groups (broad SMARTS) is 2. The Morgan fingerprint density at radius 2 is 1.16 bits per heavy atom. The lowest BCUT2D eigenvalue weighted by atomic mass is 9.67. The molecule has 4 heteroatoms. The van der Waals surface area contributed by atoms with Crippen molar-refractivity contribution >= 4 is 22.7 Å². The maximum absolute atomic E-state index is 11.7. The molecule has 0 fully saturated rings. The smallest absolute Gasteiger partial charge is 0.335 e. The number of rotatable bonds is 4. The van der Waals surface area contributed by atoms with E-state index >= 15 is 0 Å². The third-order valence-electron chi connectivity index (χ3n) is 7.63. The molecule has 5 aromatic carbocycles. The first-order chi connectivity index (χ1) is 17.8. The predicted molar refractivity (Wildman–Crippen MR) is 145 cm³/mol. The second kappa shape index (κ2) is 8.17. The van der Waals surface area contributed by atoms with E-state index in [-0.39, 0.29) is 11.1 Å². The van der Waals surface area contributed by atoms with Gasteiger partial charge in [0.05, 0.1) is 16.5 Å². The number of fused-ring (bicyclic) bond motifs is 5. The minimum atomic E-state index is -0.976. The van der Waals surface area contributed by atoms with Crippen LogP contribution in [0.3, 0.4) is 0 Å². The van der Waals surface area contributed by atoms with Gasteiger partial charge in [-0.1, -0.05) is 78.4 Å². The molecule has 4 nitrogen and oxygen atoms in total. The third kappa shape index (κ3) is 3.22. The molecule has 0 saturated carbocycles. The van der Waals surface area contributed by atoms with Crippen molar-refractivity contribution < 1.29 is 19.8 Å². The molecule has 37 heavy (non-hydrogen) atoms. The lowest BCUT2D eigenvalue weighted by molar-refractivity contribution is 0.0686. The van der Waals surface area contributed by atoms with Gasteiger partial charge in [0.1, 0.15) is 0 Å². The number of carboxylic acids is 2. The molecule has 0 saturated heterocycles. The summed E-state index contributed by atoms with van der Waals surface area (Å²) in [6.45, 7) is 4.18. The van der Waals surface area contributed by atoms with Gasteiger partial charge in [-0.25, -0.2) is 9.59 Å². The Labute approximate surface area is 214 Å². The second-order valence-corrected chi connectivity index (χ2v) is 9.73. The summed E-state index contributed by atoms with van der Waals surface area (Å²) in [5, 5.41) is 21.5. The highest BCUT2D eigenvalue weighted by Gasteiger charge is 2.47. The van der Waals surface area contributed by atoms with Gasteiger partial charge in [0.15, 0.2) is 0 Å². The Kier molecular flexibility index (Phi) is 5.02. The topological polar surface area (TPSA) is 74.6 Å². The van der Waals surface area contributed by atoms with Gasteiger partial charge in [0.2, 0.25) is 0 Å². The van der Waals surface area contributed by atoms with E-state index in [4.69, 9.17) is 0 Å². The van der Waals surface area contributed by atoms with E-state index in [2.05, 4.69) is 62.4 Å². The number of carbonyl (C=O) groups is 2. The molecular formula is C33H24O4. The first-order valence-corrected chi connectivity index (χ1v) is 12.1. The van der Waals surface area contributed by atoms with Crippen molar-refractivity contribution in [2.45, 2.75) is 19.3 Å². The van der Waals surface area contributed by atoms with Crippen LogP contribution in [0.1, 0.15) is 54.1 Å². The Balaban J connectivity index is 1.80. The van der Waals surface area contributed by atoms with E-state index < -0.39 is 17.4 Å². The Hall–Kier alpha value is -4.70. The highest BCUT2D eigenvalue weighted by molar-refractivity contribution is 6.05. The van der Waals surface area contributed by atoms with E-state index in [0.29, 0.717) is 0 Å². The fourth-order valence-electron chi connectivity index (χ4n) is 5.99. The highest BCUT2D eigenvalue weighted by atomic mass is 16.4. The van der Waals surface area contributed by atoms with Crippen LogP contribution in [0.5, 0.6) is 0 Å². The standard InChI is InChI=1S/C33H24O4/c1-19-7-16-27-28(17-19)33(23-12-8-21(9-13-23)31(34)35,24-14-10-22(11-15-24)32(36)37)29-18-20(2)25-5-3-4-6-26(25)30(27)29/h3-18H,1-2H3,(H,34,35)(H,36,37). The van der Waals surface area contributed by atoms with Crippen molar-refractivity contribution in [2.24, 2.45) is 0 Å². The summed E-state index contributed by atoms with van der Waals surface area (Å²) in [6.07, 6.45) is 0. The minimum Gasteiger partial charge on any atom is -0.478 e. The Bertz CT molecular complexity index is 1670. The molecule has 180 valence electrons. The zero-order valence-corrected chi connectivity index (χ0v) is 20.4. The van der Waals surface area contributed by atoms with E-state index in [1.807, 2.05) is 24.3 Å². The molecule has 0 aromatic heterocycles. The molecule has 6 rings (SSSR count). The fourth-order valence-corrected chi connectivity index (χ4v) is 5.99. The highest BCUT2D eigenvalue weighted by Crippen LogP contribution is 2.58. The molecule has 2 N–H and O–H groups in total. The van der Waals surface area contributed by atoms with Crippen molar-refractivity contribution in [2.75, 3.05) is 0 Å². The average molecular weight is 485 g/mol. The molecule has 0 radical (unpaired) electrons. The van der Waals surface area contributed by atoms with Gasteiger partial charge in [0, 0.05) is 0 Å². The largest absolute Gasteiger partial charge is 0.478 e. The summed E-state index contributed by atoms with van der Waals surface area (Å²) >= 11 is 0. The zero-order valence-electron chi connectivity index (χ0n) is 20.4. The molecule has 0 bridgehead atoms. The van der Waals surface area contributed by atoms with Crippen molar-refractivity contribution in [3.8, 4) is 11.1 Å². The number of hydrogen-bond acceptors (Lipinski definition) is 2. The molecule has 0 amide bonds. The summed E-state index contributed by atoms with van der Waals surface area (Å²) in [6, 6.07) is 31.3. The average Bonchev–Trinajstić information content (AvgIpc) is 3.19. The molecule has 0 heterocycles. The third-order valence-corrected chi connectivity index (χ3v) is 7.63. The maximum atomic E-state index is 11.7. The van der Waals surface area contributed by atoms with Gasteiger partial charge in [-0.2, -0.15) is 0 Å². The van der Waals surface area contributed by atoms with Crippen LogP contribution in [-0.2, 0) is 5.41 Å². The number of benzene rings is 5. The maximum Gasteiger partial charge on any atom is 0.335 e. The van der Waals surface area contributed by atoms with E-state index in [9.17, 15) is 19.8 Å². The quantitative estimate of drug-likeness (QED) is 0.277. The van der Waals surface area contributed by atoms with E-state index in [1.165, 1.54) is 5.39 Å². The van der Waals surface area contributed by atoms with Gasteiger partial charge < -0.3 is 10.2 Å². The van der Waals surface area contributed by atoms with Gasteiger partial charge in [-0.3, -0.25) is 0 Å². The van der Waals surface area contributed by atoms with Gasteiger partial charge in [-0.05, 0) is 87.8 Å². The van der Waals surface area contributed by atoms with Gasteiger partial charge in [0.25, 0.3) is 0 Å². The number of aryl methyl sites for hydroxylation is 2. The van der Waals surface area contributed by atoms with Crippen LogP contribution in [0.2, 0.25) is 0 Å². The van der Waals surface area contributed by atoms with Crippen LogP contribution in [-0.4, -0.2) is 22.2 Å². The van der Waals surface area contributed by atoms with Gasteiger partial charge in [-0.15, -0.1) is 0 Å². The van der Waals surface area contributed by atoms with Crippen molar-refractivity contribution in [3.05, 3.63) is 142 Å². The Morgan fingerprint density at radius 3 is 1.70 bits per heavy atom. The monoisotopic (exact) mass is 484 g/mol. The van der Waals surface area contributed by atoms with Crippen LogP contribution in [0, 0.1) is 13.8 Å². The molecule has 1 aliphatic carbocycles. The van der Waals surface area contributed by atoms with Crippen LogP contribution >= 0.6 is 0 Å². The van der Waals surface area contributed by atoms with Crippen molar-refractivity contribution in [1.29, 1.82) is 0 Å². The zero-order chi connectivity index (χ0) is 25.9. The molecule has 5 aromatic rings. The first kappa shape index (κ1) is 22.7. The molecule has 1 aliphatic rings. The molecule has 0 aliphatic heterocycles. The van der Waals surface area contributed by atoms with Crippen molar-refractivity contribution in [3.63, 3.8) is 0 Å². The summed E-state index contributed by atoms with van der Waals surface area (Å²) in [5.74, 6) is -1.95. The summed E-state index contributed by atoms with van der Waals surface area (Å²) in [7, 11) is 0. The molecule has 0 atom stereocenters. The van der Waals surface area contributed by atoms with Crippen LogP contribution in [0.25, 0.3) is 21.9 Å². The fraction of sp³-hybridized carbons (Fsp3) is 0.0909. The van der Waals surface area contributed by atoms with Crippen LogP contribution in [0.4, 0.5) is 0 Å². The summed E-state index contributed by atoms with van der Waals surface area (Å²) in [4.78, 5) is 23.3. The lowest BCUT2D eigenvalue weighted by Gasteiger charge is -2.34. The van der Waals surface area contributed by atoms with Gasteiger partial charge >= 0.3 is 11.9 Å². The summed E-state index contributed by atoms with van der Waals surface area (Å²) in [5.41, 5.74) is 8.30. The summed E-state index contributed by atoms with van der Waals surface area (Å²) < 4.78 is 0. The second-order valence-electron chi connectivity index (χ2n) is 9.73. The molecule has 0 unspecified atom stereocenters. The number of aromatic carboxylic acids is 2. The molecular weight excluding hydrogens is 460 g/mol. The Morgan fingerprint density at radius 1 is 0.622 bits per heavy atom. The van der Waals surface area contributed by atoms with E-state index in [0.717, 1.165) is 49.9 Å². The number of hydrogen-bond donors (Lipinski definition) is 2. The lowest BCUT2D eigenvalue weighted by Crippen LogP contribution is -2.29. The first-order valence-electron chi connectivity index (χ1n) is 12.1. The SMILES string of the molecule is Cc1ccc2c(c1)C(c1ccc(C(=O)O)cc1)(c1ccc(C(=O)O)cc1)c1cc(C)c3ccccc3c1-2.